The van der Waals surface area contributed by atoms with Gasteiger partial charge in [-0.25, -0.2) is 9.69 Å². The second kappa shape index (κ2) is 4.36. The number of nitrogens with zero attached hydrogens (tertiary/aromatic N) is 3. The summed E-state index contributed by atoms with van der Waals surface area (Å²) < 4.78 is 5.08. The zero-order chi connectivity index (χ0) is 14.4. The molecule has 0 radical (unpaired) electrons. The van der Waals surface area contributed by atoms with E-state index in [-0.39, 0.29) is 5.88 Å². The molecule has 2 heterocycles. The first-order valence-corrected chi connectivity index (χ1v) is 5.82. The maximum atomic E-state index is 11.9. The maximum absolute atomic E-state index is 11.9. The highest BCUT2D eigenvalue weighted by atomic mass is 16.5. The lowest BCUT2D eigenvalue weighted by molar-refractivity contribution is -0.0190. The minimum atomic E-state index is -1.38. The Kier molecular flexibility index (Phi) is 3.11. The summed E-state index contributed by atoms with van der Waals surface area (Å²) in [6.07, 6.45) is -0.976. The Balaban J connectivity index is 2.34. The van der Waals surface area contributed by atoms with Gasteiger partial charge in [0.05, 0.1) is 5.69 Å². The number of carbonyl (C=O) groups is 1. The van der Waals surface area contributed by atoms with Crippen molar-refractivity contribution in [2.24, 2.45) is 0 Å². The first-order chi connectivity index (χ1) is 8.79. The summed E-state index contributed by atoms with van der Waals surface area (Å²) in [5, 5.41) is 23.3. The molecule has 1 aromatic heterocycles. The second-order valence-electron chi connectivity index (χ2n) is 5.07. The van der Waals surface area contributed by atoms with Crippen LogP contribution in [0.5, 0.6) is 0 Å². The predicted molar refractivity (Wildman–Crippen MR) is 67.4 cm³/mol. The number of aromatic nitrogens is 1. The van der Waals surface area contributed by atoms with Crippen molar-refractivity contribution < 1.29 is 19.5 Å². The van der Waals surface area contributed by atoms with Crippen molar-refractivity contribution in [3.63, 3.8) is 0 Å². The fourth-order valence-electron chi connectivity index (χ4n) is 1.74. The molecule has 2 N–H and O–H groups in total. The Morgan fingerprint density at radius 1 is 1.47 bits per heavy atom. The second-order valence-corrected chi connectivity index (χ2v) is 5.07. The first kappa shape index (κ1) is 13.6. The minimum Gasteiger partial charge on any atom is -0.369 e. The molecule has 0 aromatic carbocycles. The monoisotopic (exact) mass is 267 g/mol. The molecule has 1 aromatic rings. The third kappa shape index (κ3) is 2.00. The van der Waals surface area contributed by atoms with Gasteiger partial charge in [-0.3, -0.25) is 4.90 Å². The molecule has 7 nitrogen and oxygen atoms in total. The number of aliphatic hydroxyl groups is 2. The van der Waals surface area contributed by atoms with E-state index in [1.165, 1.54) is 7.05 Å². The summed E-state index contributed by atoms with van der Waals surface area (Å²) in [5.74, 6) is 0.0887. The zero-order valence-electron chi connectivity index (χ0n) is 11.1. The molecule has 0 bridgehead atoms. The van der Waals surface area contributed by atoms with Gasteiger partial charge in [-0.05, 0) is 0 Å². The number of hydrogen-bond donors (Lipinski definition) is 2. The Labute approximate surface area is 110 Å². The van der Waals surface area contributed by atoms with E-state index >= 15 is 0 Å². The number of urea groups is 1. The predicted octanol–water partition coefficient (Wildman–Crippen LogP) is 0.647. The van der Waals surface area contributed by atoms with Crippen LogP contribution in [-0.2, 0) is 5.41 Å². The topological polar surface area (TPSA) is 90.0 Å². The smallest absolute Gasteiger partial charge is 0.331 e. The zero-order valence-corrected chi connectivity index (χ0v) is 11.1. The number of carbonyl (C=O) groups excluding carboxylic acids is 1. The summed E-state index contributed by atoms with van der Waals surface area (Å²) in [5.41, 5.74) is 0.168. The standard InChI is InChI=1S/C12H17N3O4/c1-5-12(2,3)7-6-8(19-13-7)15-10(17)9(16)14(4)11(15)18/h5-6,9-10,16-17H,1H2,2-4H3. The van der Waals surface area contributed by atoms with E-state index in [4.69, 9.17) is 4.52 Å². The van der Waals surface area contributed by atoms with Gasteiger partial charge in [-0.15, -0.1) is 6.58 Å². The van der Waals surface area contributed by atoms with Crippen LogP contribution in [0.15, 0.2) is 23.2 Å². The highest BCUT2D eigenvalue weighted by molar-refractivity contribution is 5.93. The van der Waals surface area contributed by atoms with Crippen molar-refractivity contribution in [2.75, 3.05) is 11.9 Å². The third-order valence-electron chi connectivity index (χ3n) is 3.34. The fourth-order valence-corrected chi connectivity index (χ4v) is 1.74. The van der Waals surface area contributed by atoms with Crippen LogP contribution >= 0.6 is 0 Å². The summed E-state index contributed by atoms with van der Waals surface area (Å²) >= 11 is 0. The van der Waals surface area contributed by atoms with E-state index in [2.05, 4.69) is 11.7 Å². The molecule has 1 aliphatic rings. The highest BCUT2D eigenvalue weighted by Crippen LogP contribution is 2.31. The maximum Gasteiger partial charge on any atom is 0.331 e. The molecule has 2 unspecified atom stereocenters. The van der Waals surface area contributed by atoms with Gasteiger partial charge in [0, 0.05) is 18.5 Å². The van der Waals surface area contributed by atoms with Crippen molar-refractivity contribution in [1.82, 2.24) is 10.1 Å². The van der Waals surface area contributed by atoms with E-state index in [0.29, 0.717) is 5.69 Å². The number of allylic oxidation sites excluding steroid dienone is 1. The number of amides is 2. The Morgan fingerprint density at radius 3 is 2.58 bits per heavy atom. The molecule has 0 spiro atoms. The molecule has 1 saturated heterocycles. The van der Waals surface area contributed by atoms with Gasteiger partial charge in [0.25, 0.3) is 0 Å². The van der Waals surface area contributed by atoms with Crippen molar-refractivity contribution >= 4 is 11.9 Å². The molecular weight excluding hydrogens is 250 g/mol. The quantitative estimate of drug-likeness (QED) is 0.785. The number of hydrogen-bond acceptors (Lipinski definition) is 5. The molecule has 19 heavy (non-hydrogen) atoms. The van der Waals surface area contributed by atoms with Gasteiger partial charge in [-0.1, -0.05) is 25.1 Å². The van der Waals surface area contributed by atoms with E-state index < -0.39 is 23.9 Å². The fraction of sp³-hybridized carbons (Fsp3) is 0.500. The van der Waals surface area contributed by atoms with Crippen molar-refractivity contribution in [1.29, 1.82) is 0 Å². The number of anilines is 1. The number of likely N-dealkylation sites (N-methyl/N-ethyl adjacent to an activating group) is 1. The Morgan fingerprint density at radius 2 is 2.11 bits per heavy atom. The van der Waals surface area contributed by atoms with Crippen LogP contribution in [0.25, 0.3) is 0 Å². The average molecular weight is 267 g/mol. The largest absolute Gasteiger partial charge is 0.369 e. The molecule has 2 rings (SSSR count). The molecule has 104 valence electrons. The summed E-state index contributed by atoms with van der Waals surface area (Å²) in [7, 11) is 1.39. The van der Waals surface area contributed by atoms with Crippen molar-refractivity contribution in [3.05, 3.63) is 24.4 Å². The third-order valence-corrected chi connectivity index (χ3v) is 3.34. The van der Waals surface area contributed by atoms with Gasteiger partial charge in [0.2, 0.25) is 5.88 Å². The van der Waals surface area contributed by atoms with Crippen LogP contribution in [0.2, 0.25) is 0 Å². The van der Waals surface area contributed by atoms with E-state index in [0.717, 1.165) is 9.80 Å². The molecule has 0 aliphatic carbocycles. The van der Waals surface area contributed by atoms with Crippen LogP contribution < -0.4 is 4.90 Å². The van der Waals surface area contributed by atoms with Gasteiger partial charge in [0.1, 0.15) is 0 Å². The minimum absolute atomic E-state index is 0.0887. The number of rotatable bonds is 3. The van der Waals surface area contributed by atoms with Gasteiger partial charge >= 0.3 is 6.03 Å². The summed E-state index contributed by atoms with van der Waals surface area (Å²) in [4.78, 5) is 13.9. The lowest BCUT2D eigenvalue weighted by Gasteiger charge is -2.16. The van der Waals surface area contributed by atoms with Gasteiger partial charge in [-0.2, -0.15) is 0 Å². The Hall–Kier alpha value is -1.86. The molecule has 2 atom stereocenters. The molecule has 7 heteroatoms. The molecule has 1 aliphatic heterocycles. The lowest BCUT2D eigenvalue weighted by atomic mass is 9.90. The van der Waals surface area contributed by atoms with Crippen LogP contribution in [0, 0.1) is 0 Å². The lowest BCUT2D eigenvalue weighted by Crippen LogP contribution is -2.36. The SMILES string of the molecule is C=CC(C)(C)c1cc(N2C(=O)N(C)C(O)C2O)on1. The van der Waals surface area contributed by atoms with E-state index in [1.54, 1.807) is 12.1 Å². The number of aliphatic hydroxyl groups excluding tert-OH is 2. The Bertz CT molecular complexity index is 511. The average Bonchev–Trinajstić information content (AvgIpc) is 2.92. The van der Waals surface area contributed by atoms with Crippen LogP contribution in [0.3, 0.4) is 0 Å². The van der Waals surface area contributed by atoms with Crippen LogP contribution in [-0.4, -0.2) is 45.8 Å². The van der Waals surface area contributed by atoms with Crippen LogP contribution in [0.1, 0.15) is 19.5 Å². The van der Waals surface area contributed by atoms with Crippen LogP contribution in [0.4, 0.5) is 10.7 Å². The molecule has 2 amide bonds. The van der Waals surface area contributed by atoms with E-state index in [9.17, 15) is 15.0 Å². The van der Waals surface area contributed by atoms with Gasteiger partial charge in [0.15, 0.2) is 12.5 Å². The molecule has 1 fully saturated rings. The molecular formula is C12H17N3O4. The van der Waals surface area contributed by atoms with Gasteiger partial charge < -0.3 is 14.7 Å². The highest BCUT2D eigenvalue weighted by Gasteiger charge is 2.45. The summed E-state index contributed by atoms with van der Waals surface area (Å²) in [6.45, 7) is 7.50. The molecule has 0 saturated carbocycles. The van der Waals surface area contributed by atoms with Crippen molar-refractivity contribution in [3.8, 4) is 0 Å². The summed E-state index contributed by atoms with van der Waals surface area (Å²) in [6, 6.07) is 0.994. The van der Waals surface area contributed by atoms with Crippen molar-refractivity contribution in [2.45, 2.75) is 31.7 Å². The van der Waals surface area contributed by atoms with E-state index in [1.807, 2.05) is 13.8 Å². The first-order valence-electron chi connectivity index (χ1n) is 5.82. The normalized spacial score (nSPS) is 24.2.